The summed E-state index contributed by atoms with van der Waals surface area (Å²) >= 11 is 0. The Labute approximate surface area is 112 Å². The molecule has 0 saturated heterocycles. The van der Waals surface area contributed by atoms with E-state index < -0.39 is 0 Å². The standard InChI is InChI=1S/C14H19N3O2/c1-8(2)12-6-10(14(18)19-5)11-7-15-17(9(3)4)13(11)16-12/h6-9H,1-5H3. The third-order valence-corrected chi connectivity index (χ3v) is 3.07. The zero-order valence-corrected chi connectivity index (χ0v) is 12.0. The predicted molar refractivity (Wildman–Crippen MR) is 73.3 cm³/mol. The lowest BCUT2D eigenvalue weighted by Gasteiger charge is -2.11. The van der Waals surface area contributed by atoms with Crippen LogP contribution in [0.25, 0.3) is 11.0 Å². The summed E-state index contributed by atoms with van der Waals surface area (Å²) in [5, 5.41) is 5.06. The summed E-state index contributed by atoms with van der Waals surface area (Å²) < 4.78 is 6.67. The van der Waals surface area contributed by atoms with Gasteiger partial charge in [0.25, 0.3) is 0 Å². The topological polar surface area (TPSA) is 57.0 Å². The van der Waals surface area contributed by atoms with Crippen LogP contribution in [-0.4, -0.2) is 27.8 Å². The van der Waals surface area contributed by atoms with Gasteiger partial charge in [-0.15, -0.1) is 0 Å². The Hall–Kier alpha value is -1.91. The van der Waals surface area contributed by atoms with Crippen LogP contribution < -0.4 is 0 Å². The molecule has 5 heteroatoms. The highest BCUT2D eigenvalue weighted by atomic mass is 16.5. The molecule has 0 unspecified atom stereocenters. The Morgan fingerprint density at radius 3 is 2.53 bits per heavy atom. The van der Waals surface area contributed by atoms with Gasteiger partial charge in [-0.3, -0.25) is 0 Å². The van der Waals surface area contributed by atoms with Gasteiger partial charge in [0.05, 0.1) is 24.3 Å². The Morgan fingerprint density at radius 1 is 1.32 bits per heavy atom. The van der Waals surface area contributed by atoms with Crippen LogP contribution in [0.4, 0.5) is 0 Å². The molecule has 0 N–H and O–H groups in total. The highest BCUT2D eigenvalue weighted by molar-refractivity contribution is 6.02. The molecule has 0 saturated carbocycles. The highest BCUT2D eigenvalue weighted by Crippen LogP contribution is 2.24. The van der Waals surface area contributed by atoms with Gasteiger partial charge in [-0.05, 0) is 25.8 Å². The van der Waals surface area contributed by atoms with Crippen LogP contribution in [0.3, 0.4) is 0 Å². The zero-order chi connectivity index (χ0) is 14.2. The summed E-state index contributed by atoms with van der Waals surface area (Å²) in [6.45, 7) is 8.17. The predicted octanol–water partition coefficient (Wildman–Crippen LogP) is 2.92. The first-order chi connectivity index (χ1) is 8.95. The number of methoxy groups -OCH3 is 1. The molecule has 2 heterocycles. The van der Waals surface area contributed by atoms with Crippen LogP contribution in [0.15, 0.2) is 12.3 Å². The maximum absolute atomic E-state index is 11.9. The van der Waals surface area contributed by atoms with Gasteiger partial charge in [0.15, 0.2) is 5.65 Å². The van der Waals surface area contributed by atoms with Crippen LogP contribution in [0.5, 0.6) is 0 Å². The molecule has 2 aromatic rings. The van der Waals surface area contributed by atoms with Gasteiger partial charge in [-0.2, -0.15) is 5.10 Å². The smallest absolute Gasteiger partial charge is 0.338 e. The summed E-state index contributed by atoms with van der Waals surface area (Å²) in [5.41, 5.74) is 2.14. The van der Waals surface area contributed by atoms with Gasteiger partial charge >= 0.3 is 5.97 Å². The number of hydrogen-bond donors (Lipinski definition) is 0. The molecule has 2 aromatic heterocycles. The molecule has 0 amide bonds. The second kappa shape index (κ2) is 4.99. The molecule has 0 aliphatic carbocycles. The van der Waals surface area contributed by atoms with Gasteiger partial charge in [-0.1, -0.05) is 13.8 Å². The van der Waals surface area contributed by atoms with Crippen molar-refractivity contribution in [2.24, 2.45) is 0 Å². The minimum absolute atomic E-state index is 0.193. The third kappa shape index (κ3) is 2.32. The number of nitrogens with zero attached hydrogens (tertiary/aromatic N) is 3. The number of esters is 1. The Morgan fingerprint density at radius 2 is 2.00 bits per heavy atom. The first-order valence-corrected chi connectivity index (χ1v) is 6.42. The van der Waals surface area contributed by atoms with Crippen LogP contribution in [-0.2, 0) is 4.74 Å². The summed E-state index contributed by atoms with van der Waals surface area (Å²) in [4.78, 5) is 16.5. The van der Waals surface area contributed by atoms with Crippen molar-refractivity contribution in [3.05, 3.63) is 23.5 Å². The van der Waals surface area contributed by atoms with Crippen molar-refractivity contribution in [3.8, 4) is 0 Å². The number of hydrogen-bond acceptors (Lipinski definition) is 4. The number of rotatable bonds is 3. The molecule has 2 rings (SSSR count). The first-order valence-electron chi connectivity index (χ1n) is 6.42. The van der Waals surface area contributed by atoms with E-state index in [1.54, 1.807) is 12.3 Å². The molecule has 0 spiro atoms. The van der Waals surface area contributed by atoms with E-state index in [0.29, 0.717) is 5.56 Å². The zero-order valence-electron chi connectivity index (χ0n) is 12.0. The molecule has 0 atom stereocenters. The van der Waals surface area contributed by atoms with E-state index in [2.05, 4.69) is 10.1 Å². The van der Waals surface area contributed by atoms with Gasteiger partial charge in [0.1, 0.15) is 0 Å². The van der Waals surface area contributed by atoms with Gasteiger partial charge in [0, 0.05) is 11.7 Å². The van der Waals surface area contributed by atoms with E-state index in [1.807, 2.05) is 32.4 Å². The van der Waals surface area contributed by atoms with Crippen LogP contribution in [0.2, 0.25) is 0 Å². The molecule has 0 fully saturated rings. The average molecular weight is 261 g/mol. The molecule has 5 nitrogen and oxygen atoms in total. The maximum atomic E-state index is 11.9. The SMILES string of the molecule is COC(=O)c1cc(C(C)C)nc2c1cnn2C(C)C. The van der Waals surface area contributed by atoms with Crippen LogP contribution in [0.1, 0.15) is 55.7 Å². The summed E-state index contributed by atoms with van der Waals surface area (Å²) in [7, 11) is 1.39. The fraction of sp³-hybridized carbons (Fsp3) is 0.500. The number of fused-ring (bicyclic) bond motifs is 1. The lowest BCUT2D eigenvalue weighted by molar-refractivity contribution is 0.0603. The van der Waals surface area contributed by atoms with Crippen molar-refractivity contribution in [3.63, 3.8) is 0 Å². The van der Waals surface area contributed by atoms with Crippen molar-refractivity contribution in [2.75, 3.05) is 7.11 Å². The average Bonchev–Trinajstić information content (AvgIpc) is 2.80. The molecule has 102 valence electrons. The maximum Gasteiger partial charge on any atom is 0.338 e. The van der Waals surface area contributed by atoms with Crippen molar-refractivity contribution in [2.45, 2.75) is 39.7 Å². The quantitative estimate of drug-likeness (QED) is 0.797. The number of ether oxygens (including phenoxy) is 1. The van der Waals surface area contributed by atoms with E-state index in [-0.39, 0.29) is 17.9 Å². The third-order valence-electron chi connectivity index (χ3n) is 3.07. The molecule has 0 aliphatic rings. The molecule has 19 heavy (non-hydrogen) atoms. The second-order valence-electron chi connectivity index (χ2n) is 5.16. The van der Waals surface area contributed by atoms with E-state index >= 15 is 0 Å². The number of carbonyl (C=O) groups is 1. The summed E-state index contributed by atoms with van der Waals surface area (Å²) in [6.07, 6.45) is 1.68. The number of carbonyl (C=O) groups excluding carboxylic acids is 1. The Balaban J connectivity index is 2.76. The highest BCUT2D eigenvalue weighted by Gasteiger charge is 2.18. The van der Waals surface area contributed by atoms with Gasteiger partial charge < -0.3 is 4.74 Å². The molecule has 0 bridgehead atoms. The summed E-state index contributed by atoms with van der Waals surface area (Å²) in [6, 6.07) is 1.99. The normalized spacial score (nSPS) is 11.5. The minimum atomic E-state index is -0.349. The lowest BCUT2D eigenvalue weighted by Crippen LogP contribution is -2.08. The molecular formula is C14H19N3O2. The van der Waals surface area contributed by atoms with Gasteiger partial charge in [-0.25, -0.2) is 14.5 Å². The molecule has 0 aromatic carbocycles. The first kappa shape index (κ1) is 13.5. The van der Waals surface area contributed by atoms with Crippen molar-refractivity contribution >= 4 is 17.0 Å². The minimum Gasteiger partial charge on any atom is -0.465 e. The van der Waals surface area contributed by atoms with Gasteiger partial charge in [0.2, 0.25) is 0 Å². The molecular weight excluding hydrogens is 242 g/mol. The van der Waals surface area contributed by atoms with E-state index in [4.69, 9.17) is 4.74 Å². The van der Waals surface area contributed by atoms with E-state index in [9.17, 15) is 4.79 Å². The second-order valence-corrected chi connectivity index (χ2v) is 5.16. The summed E-state index contributed by atoms with van der Waals surface area (Å²) in [5.74, 6) is -0.110. The van der Waals surface area contributed by atoms with E-state index in [0.717, 1.165) is 16.7 Å². The Bertz CT molecular complexity index is 614. The van der Waals surface area contributed by atoms with Crippen molar-refractivity contribution in [1.82, 2.24) is 14.8 Å². The fourth-order valence-electron chi connectivity index (χ4n) is 1.99. The van der Waals surface area contributed by atoms with Crippen LogP contribution >= 0.6 is 0 Å². The van der Waals surface area contributed by atoms with E-state index in [1.165, 1.54) is 7.11 Å². The van der Waals surface area contributed by atoms with Crippen molar-refractivity contribution in [1.29, 1.82) is 0 Å². The lowest BCUT2D eigenvalue weighted by atomic mass is 10.1. The fourth-order valence-corrected chi connectivity index (χ4v) is 1.99. The molecule has 0 aliphatic heterocycles. The van der Waals surface area contributed by atoms with Crippen LogP contribution in [0, 0.1) is 0 Å². The monoisotopic (exact) mass is 261 g/mol. The largest absolute Gasteiger partial charge is 0.465 e. The number of aromatic nitrogens is 3. The number of pyridine rings is 1. The van der Waals surface area contributed by atoms with Crippen molar-refractivity contribution < 1.29 is 9.53 Å². The molecule has 0 radical (unpaired) electrons. The Kier molecular flexibility index (Phi) is 3.55.